The quantitative estimate of drug-likeness (QED) is 0.186. The molecule has 2 nitrogen and oxygen atoms in total. The number of aryl methyl sites for hydroxylation is 1. The van der Waals surface area contributed by atoms with Crippen LogP contribution in [0, 0.1) is 6.92 Å². The fourth-order valence-corrected chi connectivity index (χ4v) is 5.70. The Morgan fingerprint density at radius 3 is 1.68 bits per heavy atom. The molecule has 5 aromatic carbocycles. The largest absolute Gasteiger partial charge is 0.311 e. The first-order chi connectivity index (χ1) is 20.1. The molecule has 0 unspecified atom stereocenters. The van der Waals surface area contributed by atoms with E-state index in [9.17, 15) is 0 Å². The van der Waals surface area contributed by atoms with Gasteiger partial charge in [0.15, 0.2) is 0 Å². The minimum absolute atomic E-state index is 1.01. The summed E-state index contributed by atoms with van der Waals surface area (Å²) in [6.45, 7) is 10.8. The zero-order valence-electron chi connectivity index (χ0n) is 23.9. The lowest BCUT2D eigenvalue weighted by molar-refractivity contribution is 1.17. The number of para-hydroxylation sites is 4. The van der Waals surface area contributed by atoms with Gasteiger partial charge in [0.2, 0.25) is 0 Å². The summed E-state index contributed by atoms with van der Waals surface area (Å²) in [6.07, 6.45) is 4.23. The number of aromatic nitrogens is 1. The van der Waals surface area contributed by atoms with Crippen molar-refractivity contribution in [1.29, 1.82) is 0 Å². The van der Waals surface area contributed by atoms with Gasteiger partial charge in [0.05, 0.1) is 11.0 Å². The van der Waals surface area contributed by atoms with Crippen molar-refractivity contribution in [3.05, 3.63) is 169 Å². The van der Waals surface area contributed by atoms with Crippen LogP contribution in [0.3, 0.4) is 0 Å². The Labute approximate surface area is 242 Å². The Bertz CT molecular complexity index is 1820. The molecule has 0 fully saturated rings. The second-order valence-corrected chi connectivity index (χ2v) is 10.6. The molecule has 0 amide bonds. The standard InChI is InChI=1S/C39H34N2/c1-5-30(40(31-16-8-6-9-17-31)32-18-10-7-11-19-32)26-36(28(2)3)37-27-33(25-24-29(37)4)41-38-22-14-12-20-34(38)35-21-13-15-23-39(35)41/h5-27H,1H2,2-4H3. The van der Waals surface area contributed by atoms with Crippen molar-refractivity contribution in [2.75, 3.05) is 4.90 Å². The maximum atomic E-state index is 4.25. The molecule has 6 aromatic rings. The third-order valence-corrected chi connectivity index (χ3v) is 7.68. The number of nitrogens with zero attached hydrogens (tertiary/aromatic N) is 2. The average molecular weight is 531 g/mol. The van der Waals surface area contributed by atoms with Gasteiger partial charge < -0.3 is 9.47 Å². The Kier molecular flexibility index (Phi) is 7.14. The van der Waals surface area contributed by atoms with Gasteiger partial charge in [0, 0.05) is 33.5 Å². The zero-order chi connectivity index (χ0) is 28.3. The van der Waals surface area contributed by atoms with Gasteiger partial charge in [-0.25, -0.2) is 0 Å². The van der Waals surface area contributed by atoms with Crippen molar-refractivity contribution in [2.45, 2.75) is 20.8 Å². The van der Waals surface area contributed by atoms with Gasteiger partial charge in [-0.2, -0.15) is 0 Å². The highest BCUT2D eigenvalue weighted by Gasteiger charge is 2.17. The van der Waals surface area contributed by atoms with E-state index in [0.717, 1.165) is 22.8 Å². The van der Waals surface area contributed by atoms with E-state index >= 15 is 0 Å². The van der Waals surface area contributed by atoms with Crippen LogP contribution in [0.1, 0.15) is 25.0 Å². The predicted octanol–water partition coefficient (Wildman–Crippen LogP) is 10.8. The maximum absolute atomic E-state index is 4.25. The minimum Gasteiger partial charge on any atom is -0.311 e. The first-order valence-corrected chi connectivity index (χ1v) is 14.1. The van der Waals surface area contributed by atoms with E-state index in [2.05, 4.69) is 170 Å². The van der Waals surface area contributed by atoms with Gasteiger partial charge in [-0.3, -0.25) is 0 Å². The molecule has 0 saturated carbocycles. The van der Waals surface area contributed by atoms with Crippen LogP contribution in [-0.4, -0.2) is 4.57 Å². The maximum Gasteiger partial charge on any atom is 0.0541 e. The SMILES string of the molecule is C=CC(=CC(=C(C)C)c1cc(-n2c3ccccc3c3ccccc32)ccc1C)N(c1ccccc1)c1ccccc1. The van der Waals surface area contributed by atoms with E-state index in [0.29, 0.717) is 0 Å². The number of allylic oxidation sites excluding steroid dienone is 4. The van der Waals surface area contributed by atoms with Crippen LogP contribution in [0.15, 0.2) is 157 Å². The summed E-state index contributed by atoms with van der Waals surface area (Å²) < 4.78 is 2.38. The molecular formula is C39H34N2. The molecule has 0 atom stereocenters. The van der Waals surface area contributed by atoms with Crippen molar-refractivity contribution in [3.8, 4) is 5.69 Å². The second kappa shape index (κ2) is 11.2. The molecule has 0 aliphatic carbocycles. The smallest absolute Gasteiger partial charge is 0.0541 e. The van der Waals surface area contributed by atoms with Gasteiger partial charge >= 0.3 is 0 Å². The van der Waals surface area contributed by atoms with Crippen LogP contribution in [0.4, 0.5) is 11.4 Å². The van der Waals surface area contributed by atoms with Crippen molar-refractivity contribution < 1.29 is 0 Å². The number of hydrogen-bond donors (Lipinski definition) is 0. The van der Waals surface area contributed by atoms with E-state index < -0.39 is 0 Å². The van der Waals surface area contributed by atoms with Gasteiger partial charge in [-0.05, 0) is 98.2 Å². The first-order valence-electron chi connectivity index (χ1n) is 14.1. The molecule has 2 heteroatoms. The summed E-state index contributed by atoms with van der Waals surface area (Å²) in [4.78, 5) is 2.27. The molecule has 0 bridgehead atoms. The molecule has 0 radical (unpaired) electrons. The zero-order valence-corrected chi connectivity index (χ0v) is 23.9. The van der Waals surface area contributed by atoms with Crippen molar-refractivity contribution >= 4 is 38.8 Å². The van der Waals surface area contributed by atoms with Crippen LogP contribution in [0.25, 0.3) is 33.1 Å². The minimum atomic E-state index is 1.01. The van der Waals surface area contributed by atoms with E-state index in [4.69, 9.17) is 0 Å². The van der Waals surface area contributed by atoms with Gasteiger partial charge in [0.1, 0.15) is 0 Å². The number of hydrogen-bond acceptors (Lipinski definition) is 1. The lowest BCUT2D eigenvalue weighted by Crippen LogP contribution is -2.15. The first kappa shape index (κ1) is 26.2. The molecule has 0 aliphatic heterocycles. The normalized spacial score (nSPS) is 11.5. The second-order valence-electron chi connectivity index (χ2n) is 10.6. The van der Waals surface area contributed by atoms with Gasteiger partial charge in [-0.1, -0.05) is 91.0 Å². The van der Waals surface area contributed by atoms with Crippen LogP contribution in [0.5, 0.6) is 0 Å². The lowest BCUT2D eigenvalue weighted by Gasteiger charge is -2.27. The Morgan fingerprint density at radius 2 is 1.17 bits per heavy atom. The number of rotatable bonds is 7. The average Bonchev–Trinajstić information content (AvgIpc) is 3.35. The third kappa shape index (κ3) is 4.90. The van der Waals surface area contributed by atoms with E-state index in [1.54, 1.807) is 0 Å². The Hall–Kier alpha value is -5.08. The fourth-order valence-electron chi connectivity index (χ4n) is 5.70. The van der Waals surface area contributed by atoms with Gasteiger partial charge in [0.25, 0.3) is 0 Å². The summed E-state index contributed by atoms with van der Waals surface area (Å²) in [7, 11) is 0. The van der Waals surface area contributed by atoms with Crippen LogP contribution >= 0.6 is 0 Å². The number of benzene rings is 5. The number of fused-ring (bicyclic) bond motifs is 3. The number of anilines is 2. The summed E-state index contributed by atoms with van der Waals surface area (Å²) in [5.41, 5.74) is 11.7. The highest BCUT2D eigenvalue weighted by Crippen LogP contribution is 2.36. The van der Waals surface area contributed by atoms with E-state index in [1.807, 2.05) is 6.08 Å². The molecular weight excluding hydrogens is 496 g/mol. The molecule has 6 rings (SSSR count). The summed E-state index contributed by atoms with van der Waals surface area (Å²) in [5.74, 6) is 0. The monoisotopic (exact) mass is 530 g/mol. The van der Waals surface area contributed by atoms with Crippen LogP contribution < -0.4 is 4.90 Å². The topological polar surface area (TPSA) is 8.17 Å². The molecule has 0 saturated heterocycles. The Balaban J connectivity index is 1.54. The Morgan fingerprint density at radius 1 is 0.659 bits per heavy atom. The van der Waals surface area contributed by atoms with Gasteiger partial charge in [-0.15, -0.1) is 0 Å². The molecule has 41 heavy (non-hydrogen) atoms. The van der Waals surface area contributed by atoms with E-state index in [1.165, 1.54) is 44.1 Å². The lowest BCUT2D eigenvalue weighted by atomic mass is 9.95. The fraction of sp³-hybridized carbons (Fsp3) is 0.0769. The van der Waals surface area contributed by atoms with Crippen molar-refractivity contribution in [2.24, 2.45) is 0 Å². The predicted molar refractivity (Wildman–Crippen MR) is 177 cm³/mol. The summed E-state index contributed by atoms with van der Waals surface area (Å²) in [6, 6.07) is 45.1. The van der Waals surface area contributed by atoms with Crippen LogP contribution in [-0.2, 0) is 0 Å². The molecule has 1 heterocycles. The summed E-state index contributed by atoms with van der Waals surface area (Å²) >= 11 is 0. The van der Waals surface area contributed by atoms with Crippen LogP contribution in [0.2, 0.25) is 0 Å². The highest BCUT2D eigenvalue weighted by atomic mass is 15.1. The van der Waals surface area contributed by atoms with E-state index in [-0.39, 0.29) is 0 Å². The molecule has 0 aliphatic rings. The van der Waals surface area contributed by atoms with Crippen molar-refractivity contribution in [3.63, 3.8) is 0 Å². The highest BCUT2D eigenvalue weighted by molar-refractivity contribution is 6.09. The molecule has 200 valence electrons. The molecule has 0 spiro atoms. The molecule has 0 N–H and O–H groups in total. The summed E-state index contributed by atoms with van der Waals surface area (Å²) in [5, 5.41) is 2.53. The third-order valence-electron chi connectivity index (χ3n) is 7.68. The van der Waals surface area contributed by atoms with Crippen molar-refractivity contribution in [1.82, 2.24) is 4.57 Å². The molecule has 1 aromatic heterocycles.